The summed E-state index contributed by atoms with van der Waals surface area (Å²) in [5, 5.41) is 2.87. The first kappa shape index (κ1) is 19.2. The van der Waals surface area contributed by atoms with Gasteiger partial charge < -0.3 is 19.8 Å². The molecule has 0 radical (unpaired) electrons. The van der Waals surface area contributed by atoms with Gasteiger partial charge in [0.15, 0.2) is 5.78 Å². The maximum atomic E-state index is 12.6. The third kappa shape index (κ3) is 4.57. The van der Waals surface area contributed by atoms with Crippen LogP contribution in [-0.4, -0.2) is 36.0 Å². The standard InChI is InChI=1S/C21H26N2O4/c1-13-19(14(2)22-20(13)15(3)24)21(25)23-16-7-9-17(10-8-16)27-12-18-6-4-5-11-26-18/h7-10,18,22H,4-6,11-12H2,1-3H3,(H,23,25). The van der Waals surface area contributed by atoms with Crippen LogP contribution in [-0.2, 0) is 4.74 Å². The average molecular weight is 370 g/mol. The van der Waals surface area contributed by atoms with Crippen LogP contribution in [0.15, 0.2) is 24.3 Å². The molecule has 1 aromatic heterocycles. The van der Waals surface area contributed by atoms with Crippen LogP contribution in [0.4, 0.5) is 5.69 Å². The number of aromatic amines is 1. The number of ether oxygens (including phenoxy) is 2. The summed E-state index contributed by atoms with van der Waals surface area (Å²) in [5.74, 6) is 0.422. The van der Waals surface area contributed by atoms with E-state index in [0.717, 1.165) is 25.2 Å². The molecule has 2 heterocycles. The number of hydrogen-bond acceptors (Lipinski definition) is 4. The van der Waals surface area contributed by atoms with Crippen LogP contribution in [0, 0.1) is 13.8 Å². The summed E-state index contributed by atoms with van der Waals surface area (Å²) in [6.45, 7) is 6.40. The predicted molar refractivity (Wildman–Crippen MR) is 104 cm³/mol. The molecule has 0 aliphatic carbocycles. The Kier molecular flexibility index (Phi) is 5.96. The molecule has 144 valence electrons. The number of aryl methyl sites for hydroxylation is 1. The van der Waals surface area contributed by atoms with Gasteiger partial charge in [0.1, 0.15) is 12.4 Å². The van der Waals surface area contributed by atoms with Crippen LogP contribution in [0.3, 0.4) is 0 Å². The summed E-state index contributed by atoms with van der Waals surface area (Å²) < 4.78 is 11.4. The summed E-state index contributed by atoms with van der Waals surface area (Å²) in [6, 6.07) is 7.27. The fraction of sp³-hybridized carbons (Fsp3) is 0.429. The van der Waals surface area contributed by atoms with E-state index in [1.165, 1.54) is 13.3 Å². The van der Waals surface area contributed by atoms with Crippen molar-refractivity contribution in [3.05, 3.63) is 46.8 Å². The van der Waals surface area contributed by atoms with E-state index in [9.17, 15) is 9.59 Å². The molecule has 1 atom stereocenters. The number of carbonyl (C=O) groups is 2. The molecular formula is C21H26N2O4. The van der Waals surface area contributed by atoms with Crippen LogP contribution in [0.1, 0.15) is 58.3 Å². The number of carbonyl (C=O) groups excluding carboxylic acids is 2. The van der Waals surface area contributed by atoms with Crippen molar-refractivity contribution in [2.75, 3.05) is 18.5 Å². The molecule has 1 aromatic carbocycles. The zero-order valence-electron chi connectivity index (χ0n) is 16.1. The van der Waals surface area contributed by atoms with Crippen molar-refractivity contribution in [3.8, 4) is 5.75 Å². The molecule has 6 heteroatoms. The second-order valence-electron chi connectivity index (χ2n) is 6.96. The van der Waals surface area contributed by atoms with Crippen molar-refractivity contribution in [2.45, 2.75) is 46.1 Å². The normalized spacial score (nSPS) is 16.8. The van der Waals surface area contributed by atoms with Gasteiger partial charge in [-0.05, 0) is 62.9 Å². The molecule has 0 spiro atoms. The van der Waals surface area contributed by atoms with Crippen LogP contribution >= 0.6 is 0 Å². The van der Waals surface area contributed by atoms with E-state index in [-0.39, 0.29) is 17.8 Å². The quantitative estimate of drug-likeness (QED) is 0.752. The van der Waals surface area contributed by atoms with Crippen molar-refractivity contribution >= 4 is 17.4 Å². The smallest absolute Gasteiger partial charge is 0.257 e. The van der Waals surface area contributed by atoms with Gasteiger partial charge in [-0.25, -0.2) is 0 Å². The van der Waals surface area contributed by atoms with Gasteiger partial charge >= 0.3 is 0 Å². The Labute approximate surface area is 159 Å². The van der Waals surface area contributed by atoms with Crippen LogP contribution in [0.25, 0.3) is 0 Å². The molecule has 27 heavy (non-hydrogen) atoms. The molecular weight excluding hydrogens is 344 g/mol. The molecule has 2 N–H and O–H groups in total. The lowest BCUT2D eigenvalue weighted by Crippen LogP contribution is -2.25. The molecule has 1 unspecified atom stereocenters. The molecule has 0 bridgehead atoms. The molecule has 1 amide bonds. The molecule has 6 nitrogen and oxygen atoms in total. The number of benzene rings is 1. The minimum absolute atomic E-state index is 0.0851. The van der Waals surface area contributed by atoms with Crippen molar-refractivity contribution in [1.82, 2.24) is 4.98 Å². The van der Waals surface area contributed by atoms with Crippen molar-refractivity contribution in [1.29, 1.82) is 0 Å². The van der Waals surface area contributed by atoms with Crippen molar-refractivity contribution < 1.29 is 19.1 Å². The van der Waals surface area contributed by atoms with Crippen LogP contribution in [0.5, 0.6) is 5.75 Å². The lowest BCUT2D eigenvalue weighted by atomic mass is 10.1. The van der Waals surface area contributed by atoms with Gasteiger partial charge in [0, 0.05) is 24.9 Å². The number of amides is 1. The summed E-state index contributed by atoms with van der Waals surface area (Å²) in [5.41, 5.74) is 3.01. The molecule has 1 fully saturated rings. The number of H-pyrrole nitrogens is 1. The monoisotopic (exact) mass is 370 g/mol. The van der Waals surface area contributed by atoms with Crippen molar-refractivity contribution in [3.63, 3.8) is 0 Å². The van der Waals surface area contributed by atoms with Gasteiger partial charge in [-0.15, -0.1) is 0 Å². The topological polar surface area (TPSA) is 80.4 Å². The summed E-state index contributed by atoms with van der Waals surface area (Å²) in [4.78, 5) is 27.3. The number of anilines is 1. The lowest BCUT2D eigenvalue weighted by molar-refractivity contribution is -0.0110. The van der Waals surface area contributed by atoms with E-state index in [1.54, 1.807) is 26.0 Å². The second kappa shape index (κ2) is 8.39. The fourth-order valence-corrected chi connectivity index (χ4v) is 3.40. The Morgan fingerprint density at radius 3 is 2.56 bits per heavy atom. The minimum Gasteiger partial charge on any atom is -0.491 e. The zero-order chi connectivity index (χ0) is 19.4. The first-order valence-electron chi connectivity index (χ1n) is 9.31. The molecule has 1 aliphatic heterocycles. The van der Waals surface area contributed by atoms with E-state index in [2.05, 4.69) is 10.3 Å². The van der Waals surface area contributed by atoms with Gasteiger partial charge in [-0.2, -0.15) is 0 Å². The maximum absolute atomic E-state index is 12.6. The van der Waals surface area contributed by atoms with Gasteiger partial charge in [0.2, 0.25) is 0 Å². The lowest BCUT2D eigenvalue weighted by Gasteiger charge is -2.22. The number of ketones is 1. The Morgan fingerprint density at radius 2 is 1.96 bits per heavy atom. The largest absolute Gasteiger partial charge is 0.491 e. The summed E-state index contributed by atoms with van der Waals surface area (Å²) >= 11 is 0. The second-order valence-corrected chi connectivity index (χ2v) is 6.96. The van der Waals surface area contributed by atoms with Gasteiger partial charge in [0.25, 0.3) is 5.91 Å². The highest BCUT2D eigenvalue weighted by Gasteiger charge is 2.20. The first-order valence-corrected chi connectivity index (χ1v) is 9.31. The zero-order valence-corrected chi connectivity index (χ0v) is 16.1. The Balaban J connectivity index is 1.61. The van der Waals surface area contributed by atoms with Gasteiger partial charge in [-0.3, -0.25) is 9.59 Å². The van der Waals surface area contributed by atoms with E-state index in [0.29, 0.717) is 34.8 Å². The third-order valence-electron chi connectivity index (χ3n) is 4.84. The van der Waals surface area contributed by atoms with Gasteiger partial charge in [-0.1, -0.05) is 0 Å². The highest BCUT2D eigenvalue weighted by Crippen LogP contribution is 2.22. The van der Waals surface area contributed by atoms with E-state index in [4.69, 9.17) is 9.47 Å². The number of aromatic nitrogens is 1. The Hall–Kier alpha value is -2.60. The number of rotatable bonds is 6. The highest BCUT2D eigenvalue weighted by molar-refractivity contribution is 6.08. The Bertz CT molecular complexity index is 817. The summed E-state index contributed by atoms with van der Waals surface area (Å²) in [7, 11) is 0. The molecule has 2 aromatic rings. The van der Waals surface area contributed by atoms with E-state index < -0.39 is 0 Å². The van der Waals surface area contributed by atoms with E-state index in [1.807, 2.05) is 12.1 Å². The number of Topliss-reactive ketones (excluding diaryl/α,β-unsaturated/α-hetero) is 1. The first-order chi connectivity index (χ1) is 13.0. The number of nitrogens with one attached hydrogen (secondary N) is 2. The molecule has 3 rings (SSSR count). The van der Waals surface area contributed by atoms with Crippen LogP contribution in [0.2, 0.25) is 0 Å². The average Bonchev–Trinajstić information content (AvgIpc) is 2.96. The van der Waals surface area contributed by atoms with Crippen molar-refractivity contribution in [2.24, 2.45) is 0 Å². The minimum atomic E-state index is -0.238. The molecule has 1 saturated heterocycles. The highest BCUT2D eigenvalue weighted by atomic mass is 16.5. The summed E-state index contributed by atoms with van der Waals surface area (Å²) in [6.07, 6.45) is 3.50. The molecule has 1 aliphatic rings. The fourth-order valence-electron chi connectivity index (χ4n) is 3.40. The Morgan fingerprint density at radius 1 is 1.22 bits per heavy atom. The van der Waals surface area contributed by atoms with Crippen LogP contribution < -0.4 is 10.1 Å². The van der Waals surface area contributed by atoms with E-state index >= 15 is 0 Å². The molecule has 0 saturated carbocycles. The predicted octanol–water partition coefficient (Wildman–Crippen LogP) is 4.03. The van der Waals surface area contributed by atoms with Gasteiger partial charge in [0.05, 0.1) is 17.4 Å². The SMILES string of the molecule is CC(=O)c1[nH]c(C)c(C(=O)Nc2ccc(OCC3CCCCO3)cc2)c1C. The third-order valence-corrected chi connectivity index (χ3v) is 4.84. The number of hydrogen-bond donors (Lipinski definition) is 2. The maximum Gasteiger partial charge on any atom is 0.257 e.